The second-order valence-electron chi connectivity index (χ2n) is 7.91. The fraction of sp³-hybridized carbons (Fsp3) is 0.391. The van der Waals surface area contributed by atoms with Crippen LogP contribution in [0.25, 0.3) is 0 Å². The van der Waals surface area contributed by atoms with Gasteiger partial charge in [0.2, 0.25) is 0 Å². The lowest BCUT2D eigenvalue weighted by molar-refractivity contribution is 0.0706. The second-order valence-corrected chi connectivity index (χ2v) is 7.91. The molecular weight excluding hydrogens is 382 g/mol. The van der Waals surface area contributed by atoms with Gasteiger partial charge >= 0.3 is 6.03 Å². The molecule has 7 nitrogen and oxygen atoms in total. The zero-order valence-corrected chi connectivity index (χ0v) is 16.8. The van der Waals surface area contributed by atoms with E-state index in [1.165, 1.54) is 6.42 Å². The highest BCUT2D eigenvalue weighted by atomic mass is 16.5. The minimum Gasteiger partial charge on any atom is -0.491 e. The first-order chi connectivity index (χ1) is 14.7. The van der Waals surface area contributed by atoms with E-state index in [0.29, 0.717) is 17.9 Å². The van der Waals surface area contributed by atoms with Gasteiger partial charge in [0.25, 0.3) is 5.91 Å². The van der Waals surface area contributed by atoms with Crippen molar-refractivity contribution in [2.75, 3.05) is 6.61 Å². The van der Waals surface area contributed by atoms with E-state index in [-0.39, 0.29) is 24.7 Å². The number of urea groups is 1. The van der Waals surface area contributed by atoms with Crippen molar-refractivity contribution in [3.05, 3.63) is 65.2 Å². The van der Waals surface area contributed by atoms with Crippen LogP contribution in [0.5, 0.6) is 5.75 Å². The van der Waals surface area contributed by atoms with Gasteiger partial charge in [0.15, 0.2) is 0 Å². The Hall–Kier alpha value is -3.06. The van der Waals surface area contributed by atoms with Crippen molar-refractivity contribution < 1.29 is 19.5 Å². The summed E-state index contributed by atoms with van der Waals surface area (Å²) in [4.78, 5) is 26.9. The van der Waals surface area contributed by atoms with Gasteiger partial charge < -0.3 is 15.0 Å². The van der Waals surface area contributed by atoms with Gasteiger partial charge in [-0.3, -0.25) is 10.0 Å². The van der Waals surface area contributed by atoms with Crippen molar-refractivity contribution in [2.24, 2.45) is 0 Å². The summed E-state index contributed by atoms with van der Waals surface area (Å²) in [5.74, 6) is -0.0536. The largest absolute Gasteiger partial charge is 0.491 e. The average Bonchev–Trinajstić information content (AvgIpc) is 2.99. The van der Waals surface area contributed by atoms with Crippen LogP contribution in [-0.4, -0.2) is 34.7 Å². The van der Waals surface area contributed by atoms with Gasteiger partial charge in [0.1, 0.15) is 12.4 Å². The maximum atomic E-state index is 13.3. The number of ether oxygens (including phenoxy) is 1. The number of hydrogen-bond acceptors (Lipinski definition) is 4. The van der Waals surface area contributed by atoms with Crippen molar-refractivity contribution in [3.63, 3.8) is 0 Å². The van der Waals surface area contributed by atoms with Crippen LogP contribution in [0.3, 0.4) is 0 Å². The molecule has 3 N–H and O–H groups in total. The number of carbonyl (C=O) groups is 2. The Morgan fingerprint density at radius 3 is 2.53 bits per heavy atom. The predicted octanol–water partition coefficient (Wildman–Crippen LogP) is 3.78. The Morgan fingerprint density at radius 2 is 1.80 bits per heavy atom. The van der Waals surface area contributed by atoms with Crippen molar-refractivity contribution in [3.8, 4) is 5.75 Å². The molecule has 1 unspecified atom stereocenters. The molecule has 2 aliphatic rings. The molecule has 30 heavy (non-hydrogen) atoms. The monoisotopic (exact) mass is 409 g/mol. The third-order valence-electron chi connectivity index (χ3n) is 5.92. The third kappa shape index (κ3) is 4.41. The summed E-state index contributed by atoms with van der Waals surface area (Å²) >= 11 is 0. The van der Waals surface area contributed by atoms with Gasteiger partial charge in [-0.2, -0.15) is 0 Å². The molecule has 1 saturated carbocycles. The molecule has 1 fully saturated rings. The third-order valence-corrected chi connectivity index (χ3v) is 5.92. The molecular formula is C23H27N3O4. The highest BCUT2D eigenvalue weighted by Gasteiger charge is 2.31. The number of nitrogens with one attached hydrogen (secondary N) is 2. The maximum Gasteiger partial charge on any atom is 0.318 e. The average molecular weight is 409 g/mol. The summed E-state index contributed by atoms with van der Waals surface area (Å²) in [6.45, 7) is 0.647. The Balaban J connectivity index is 1.62. The molecule has 0 bridgehead atoms. The quantitative estimate of drug-likeness (QED) is 0.531. The highest BCUT2D eigenvalue weighted by molar-refractivity contribution is 5.93. The van der Waals surface area contributed by atoms with Gasteiger partial charge in [-0.05, 0) is 30.5 Å². The standard InChI is InChI=1S/C23H27N3O4/c27-22(25-29)17-11-12-18-14-26(23(28)24-19-9-5-2-6-10-19)20(15-30-21(18)13-17)16-7-3-1-4-8-16/h1,3-4,7-8,11-13,19-20,29H,2,5-6,9-10,14-15H2,(H,24,28)(H,25,27). The molecule has 0 spiro atoms. The van der Waals surface area contributed by atoms with E-state index in [2.05, 4.69) is 5.32 Å². The molecule has 3 amide bonds. The molecule has 2 aromatic carbocycles. The van der Waals surface area contributed by atoms with E-state index in [1.807, 2.05) is 35.2 Å². The van der Waals surface area contributed by atoms with Gasteiger partial charge in [-0.1, -0.05) is 55.7 Å². The maximum absolute atomic E-state index is 13.3. The lowest BCUT2D eigenvalue weighted by Crippen LogP contribution is -2.47. The Morgan fingerprint density at radius 1 is 1.03 bits per heavy atom. The molecule has 1 aliphatic heterocycles. The summed E-state index contributed by atoms with van der Waals surface area (Å²) in [7, 11) is 0. The van der Waals surface area contributed by atoms with Crippen molar-refractivity contribution in [1.29, 1.82) is 0 Å². The fourth-order valence-electron chi connectivity index (χ4n) is 4.25. The summed E-state index contributed by atoms with van der Waals surface area (Å²) in [5.41, 5.74) is 3.76. The predicted molar refractivity (Wildman–Crippen MR) is 111 cm³/mol. The molecule has 0 radical (unpaired) electrons. The number of carbonyl (C=O) groups excluding carboxylic acids is 2. The fourth-order valence-corrected chi connectivity index (χ4v) is 4.25. The summed E-state index contributed by atoms with van der Waals surface area (Å²) in [5, 5.41) is 12.1. The normalized spacial score (nSPS) is 19.2. The Kier molecular flexibility index (Phi) is 6.18. The van der Waals surface area contributed by atoms with Crippen LogP contribution in [0.2, 0.25) is 0 Å². The lowest BCUT2D eigenvalue weighted by Gasteiger charge is -2.32. The second kappa shape index (κ2) is 9.17. The summed E-state index contributed by atoms with van der Waals surface area (Å²) in [6.07, 6.45) is 5.56. The Bertz CT molecular complexity index is 897. The van der Waals surface area contributed by atoms with E-state index in [0.717, 1.165) is 36.8 Å². The zero-order chi connectivity index (χ0) is 20.9. The molecule has 158 valence electrons. The smallest absolute Gasteiger partial charge is 0.318 e. The highest BCUT2D eigenvalue weighted by Crippen LogP contribution is 2.32. The topological polar surface area (TPSA) is 90.9 Å². The van der Waals surface area contributed by atoms with Gasteiger partial charge in [0.05, 0.1) is 12.6 Å². The van der Waals surface area contributed by atoms with Crippen LogP contribution in [0, 0.1) is 0 Å². The van der Waals surface area contributed by atoms with E-state index in [9.17, 15) is 9.59 Å². The number of nitrogens with zero attached hydrogens (tertiary/aromatic N) is 1. The lowest BCUT2D eigenvalue weighted by atomic mass is 9.95. The van der Waals surface area contributed by atoms with Crippen LogP contribution < -0.4 is 15.5 Å². The number of rotatable bonds is 3. The van der Waals surface area contributed by atoms with Crippen molar-refractivity contribution in [1.82, 2.24) is 15.7 Å². The van der Waals surface area contributed by atoms with E-state index >= 15 is 0 Å². The van der Waals surface area contributed by atoms with Crippen LogP contribution in [-0.2, 0) is 6.54 Å². The summed E-state index contributed by atoms with van der Waals surface area (Å²) in [6, 6.07) is 14.7. The first kappa shape index (κ1) is 20.2. The SMILES string of the molecule is O=C(NO)c1ccc2c(c1)OCC(c1ccccc1)N(C(=O)NC1CCCCC1)C2. The molecule has 2 aromatic rings. The number of benzene rings is 2. The number of amides is 3. The van der Waals surface area contributed by atoms with Crippen molar-refractivity contribution >= 4 is 11.9 Å². The van der Waals surface area contributed by atoms with E-state index in [1.54, 1.807) is 23.7 Å². The minimum absolute atomic E-state index is 0.0932. The van der Waals surface area contributed by atoms with E-state index in [4.69, 9.17) is 9.94 Å². The molecule has 0 saturated heterocycles. The molecule has 4 rings (SSSR count). The van der Waals surface area contributed by atoms with Crippen LogP contribution in [0.4, 0.5) is 4.79 Å². The van der Waals surface area contributed by atoms with Gasteiger partial charge in [0, 0.05) is 17.2 Å². The molecule has 1 heterocycles. The first-order valence-corrected chi connectivity index (χ1v) is 10.5. The van der Waals surface area contributed by atoms with Crippen LogP contribution >= 0.6 is 0 Å². The number of fused-ring (bicyclic) bond motifs is 1. The van der Waals surface area contributed by atoms with Crippen LogP contribution in [0.1, 0.15) is 59.6 Å². The Labute approximate surface area is 176 Å². The molecule has 0 aromatic heterocycles. The van der Waals surface area contributed by atoms with Gasteiger partial charge in [-0.15, -0.1) is 0 Å². The summed E-state index contributed by atoms with van der Waals surface area (Å²) < 4.78 is 6.04. The number of hydroxylamine groups is 1. The van der Waals surface area contributed by atoms with Crippen LogP contribution in [0.15, 0.2) is 48.5 Å². The van der Waals surface area contributed by atoms with Gasteiger partial charge in [-0.25, -0.2) is 10.3 Å². The molecule has 1 atom stereocenters. The van der Waals surface area contributed by atoms with Crippen molar-refractivity contribution in [2.45, 2.75) is 50.7 Å². The number of hydrogen-bond donors (Lipinski definition) is 3. The first-order valence-electron chi connectivity index (χ1n) is 10.5. The van der Waals surface area contributed by atoms with E-state index < -0.39 is 5.91 Å². The minimum atomic E-state index is -0.600. The molecule has 7 heteroatoms. The molecule has 1 aliphatic carbocycles. The zero-order valence-electron chi connectivity index (χ0n) is 16.8.